The molecule has 4 nitrogen and oxygen atoms in total. The van der Waals surface area contributed by atoms with E-state index in [2.05, 4.69) is 42.7 Å². The average Bonchev–Trinajstić information content (AvgIpc) is 2.73. The number of nitrogens with one attached hydrogen (secondary N) is 1. The molecular formula is C15H26N4S. The lowest BCUT2D eigenvalue weighted by Crippen LogP contribution is -2.39. The summed E-state index contributed by atoms with van der Waals surface area (Å²) in [5.74, 6) is 0.960. The second-order valence-electron chi connectivity index (χ2n) is 4.76. The van der Waals surface area contributed by atoms with Gasteiger partial charge in [-0.1, -0.05) is 6.08 Å². The molecule has 0 saturated heterocycles. The van der Waals surface area contributed by atoms with Gasteiger partial charge in [0.05, 0.1) is 17.2 Å². The Bertz CT molecular complexity index is 451. The number of nitrogens with zero attached hydrogens (tertiary/aromatic N) is 3. The van der Waals surface area contributed by atoms with E-state index in [0.717, 1.165) is 42.6 Å². The smallest absolute Gasteiger partial charge is 0.194 e. The molecule has 0 unspecified atom stereocenters. The Balaban J connectivity index is 2.66. The molecule has 1 aromatic heterocycles. The number of allylic oxidation sites excluding steroid dienone is 1. The van der Waals surface area contributed by atoms with E-state index in [1.165, 1.54) is 4.88 Å². The molecule has 0 spiro atoms. The maximum atomic E-state index is 4.71. The van der Waals surface area contributed by atoms with Gasteiger partial charge in [-0.25, -0.2) is 9.98 Å². The highest BCUT2D eigenvalue weighted by molar-refractivity contribution is 7.11. The Morgan fingerprint density at radius 1 is 1.50 bits per heavy atom. The zero-order valence-corrected chi connectivity index (χ0v) is 13.9. The van der Waals surface area contributed by atoms with Crippen LogP contribution in [0.1, 0.15) is 35.3 Å². The fourth-order valence-electron chi connectivity index (χ4n) is 1.92. The lowest BCUT2D eigenvalue weighted by Gasteiger charge is -2.21. The predicted octanol–water partition coefficient (Wildman–Crippen LogP) is 3.12. The third kappa shape index (κ3) is 5.33. The van der Waals surface area contributed by atoms with Gasteiger partial charge in [0, 0.05) is 25.0 Å². The normalized spacial score (nSPS) is 11.5. The number of aliphatic imine (C=N–C) groups is 1. The van der Waals surface area contributed by atoms with Crippen LogP contribution in [0.3, 0.4) is 0 Å². The minimum absolute atomic E-state index is 0.700. The van der Waals surface area contributed by atoms with Crippen molar-refractivity contribution in [1.82, 2.24) is 15.2 Å². The molecule has 0 radical (unpaired) electrons. The summed E-state index contributed by atoms with van der Waals surface area (Å²) in [5, 5.41) is 4.45. The van der Waals surface area contributed by atoms with Crippen LogP contribution in [0.5, 0.6) is 0 Å². The van der Waals surface area contributed by atoms with Crippen LogP contribution in [0.15, 0.2) is 17.6 Å². The molecule has 0 aliphatic carbocycles. The number of thiazole rings is 1. The Morgan fingerprint density at radius 3 is 2.80 bits per heavy atom. The van der Waals surface area contributed by atoms with Crippen LogP contribution >= 0.6 is 11.3 Å². The maximum absolute atomic E-state index is 4.71. The van der Waals surface area contributed by atoms with Gasteiger partial charge in [0.25, 0.3) is 0 Å². The average molecular weight is 294 g/mol. The lowest BCUT2D eigenvalue weighted by atomic mass is 10.3. The summed E-state index contributed by atoms with van der Waals surface area (Å²) in [7, 11) is 2.08. The maximum Gasteiger partial charge on any atom is 0.194 e. The van der Waals surface area contributed by atoms with Gasteiger partial charge in [-0.2, -0.15) is 0 Å². The number of guanidine groups is 1. The molecule has 112 valence electrons. The fourth-order valence-corrected chi connectivity index (χ4v) is 2.78. The summed E-state index contributed by atoms with van der Waals surface area (Å²) in [5.41, 5.74) is 1.10. The number of unbranched alkanes of at least 4 members (excludes halogenated alkanes) is 1. The van der Waals surface area contributed by atoms with E-state index < -0.39 is 0 Å². The van der Waals surface area contributed by atoms with E-state index >= 15 is 0 Å². The molecule has 0 amide bonds. The third-order valence-corrected chi connectivity index (χ3v) is 4.03. The zero-order chi connectivity index (χ0) is 15.0. The summed E-state index contributed by atoms with van der Waals surface area (Å²) < 4.78 is 0. The van der Waals surface area contributed by atoms with Crippen LogP contribution in [-0.2, 0) is 6.54 Å². The van der Waals surface area contributed by atoms with Crippen LogP contribution in [0.25, 0.3) is 0 Å². The molecule has 0 bridgehead atoms. The summed E-state index contributed by atoms with van der Waals surface area (Å²) in [6.45, 7) is 12.5. The third-order valence-electron chi connectivity index (χ3n) is 2.97. The van der Waals surface area contributed by atoms with Crippen LogP contribution in [0.2, 0.25) is 0 Å². The molecule has 0 aliphatic heterocycles. The standard InChI is InChI=1S/C15H26N4S/c1-6-8-9-10-19(5)15(16-7-2)17-11-14-12(3)18-13(4)20-14/h6H,1,7-11H2,2-5H3,(H,16,17). The van der Waals surface area contributed by atoms with Gasteiger partial charge < -0.3 is 10.2 Å². The van der Waals surface area contributed by atoms with Crippen LogP contribution in [0, 0.1) is 13.8 Å². The van der Waals surface area contributed by atoms with Crippen molar-refractivity contribution in [3.05, 3.63) is 28.2 Å². The molecular weight excluding hydrogens is 268 g/mol. The molecule has 20 heavy (non-hydrogen) atoms. The quantitative estimate of drug-likeness (QED) is 0.363. The Hall–Kier alpha value is -1.36. The minimum atomic E-state index is 0.700. The van der Waals surface area contributed by atoms with Crippen LogP contribution in [0.4, 0.5) is 0 Å². The first kappa shape index (κ1) is 16.7. The highest BCUT2D eigenvalue weighted by atomic mass is 32.1. The first-order valence-corrected chi connectivity index (χ1v) is 7.93. The topological polar surface area (TPSA) is 40.5 Å². The Labute approximate surface area is 126 Å². The van der Waals surface area contributed by atoms with Gasteiger partial charge in [0.15, 0.2) is 5.96 Å². The van der Waals surface area contributed by atoms with Crippen molar-refractivity contribution in [2.75, 3.05) is 20.1 Å². The largest absolute Gasteiger partial charge is 0.357 e. The van der Waals surface area contributed by atoms with Crippen molar-refractivity contribution in [1.29, 1.82) is 0 Å². The summed E-state index contributed by atoms with van der Waals surface area (Å²) in [6.07, 6.45) is 4.10. The van der Waals surface area contributed by atoms with E-state index in [0.29, 0.717) is 6.54 Å². The lowest BCUT2D eigenvalue weighted by molar-refractivity contribution is 0.470. The van der Waals surface area contributed by atoms with Crippen molar-refractivity contribution in [2.24, 2.45) is 4.99 Å². The molecule has 0 atom stereocenters. The van der Waals surface area contributed by atoms with Gasteiger partial charge in [-0.05, 0) is 33.6 Å². The van der Waals surface area contributed by atoms with E-state index in [4.69, 9.17) is 4.99 Å². The summed E-state index contributed by atoms with van der Waals surface area (Å²) in [4.78, 5) is 12.6. The summed E-state index contributed by atoms with van der Waals surface area (Å²) >= 11 is 1.73. The number of aromatic nitrogens is 1. The first-order valence-electron chi connectivity index (χ1n) is 7.11. The molecule has 0 aliphatic rings. The minimum Gasteiger partial charge on any atom is -0.357 e. The monoisotopic (exact) mass is 294 g/mol. The van der Waals surface area contributed by atoms with E-state index in [-0.39, 0.29) is 0 Å². The first-order chi connectivity index (χ1) is 9.58. The van der Waals surface area contributed by atoms with Crippen molar-refractivity contribution in [3.63, 3.8) is 0 Å². The Morgan fingerprint density at radius 2 is 2.25 bits per heavy atom. The van der Waals surface area contributed by atoms with Gasteiger partial charge >= 0.3 is 0 Å². The van der Waals surface area contributed by atoms with Gasteiger partial charge in [-0.15, -0.1) is 17.9 Å². The number of hydrogen-bond acceptors (Lipinski definition) is 3. The van der Waals surface area contributed by atoms with Crippen molar-refractivity contribution < 1.29 is 0 Å². The fraction of sp³-hybridized carbons (Fsp3) is 0.600. The molecule has 1 rings (SSSR count). The number of aryl methyl sites for hydroxylation is 2. The molecule has 0 fully saturated rings. The molecule has 1 aromatic rings. The Kier molecular flexibility index (Phi) is 7.30. The van der Waals surface area contributed by atoms with Gasteiger partial charge in [0.1, 0.15) is 0 Å². The second kappa shape index (κ2) is 8.74. The predicted molar refractivity (Wildman–Crippen MR) is 88.5 cm³/mol. The SMILES string of the molecule is C=CCCCN(C)C(=NCc1sc(C)nc1C)NCC. The molecule has 0 aromatic carbocycles. The van der Waals surface area contributed by atoms with Crippen molar-refractivity contribution in [2.45, 2.75) is 40.2 Å². The van der Waals surface area contributed by atoms with Crippen LogP contribution in [-0.4, -0.2) is 36.0 Å². The van der Waals surface area contributed by atoms with E-state index in [1.54, 1.807) is 11.3 Å². The van der Waals surface area contributed by atoms with E-state index in [9.17, 15) is 0 Å². The zero-order valence-electron chi connectivity index (χ0n) is 13.1. The van der Waals surface area contributed by atoms with E-state index in [1.807, 2.05) is 13.0 Å². The highest BCUT2D eigenvalue weighted by Gasteiger charge is 2.07. The number of rotatable bonds is 7. The molecule has 1 N–H and O–H groups in total. The molecule has 1 heterocycles. The molecule has 5 heteroatoms. The highest BCUT2D eigenvalue weighted by Crippen LogP contribution is 2.17. The van der Waals surface area contributed by atoms with Crippen molar-refractivity contribution in [3.8, 4) is 0 Å². The molecule has 0 saturated carbocycles. The second-order valence-corrected chi connectivity index (χ2v) is 6.05. The van der Waals surface area contributed by atoms with Gasteiger partial charge in [0.2, 0.25) is 0 Å². The van der Waals surface area contributed by atoms with Crippen LogP contribution < -0.4 is 5.32 Å². The van der Waals surface area contributed by atoms with Gasteiger partial charge in [-0.3, -0.25) is 0 Å². The van der Waals surface area contributed by atoms with Crippen molar-refractivity contribution >= 4 is 17.3 Å². The number of hydrogen-bond donors (Lipinski definition) is 1. The summed E-state index contributed by atoms with van der Waals surface area (Å²) in [6, 6.07) is 0.